The van der Waals surface area contributed by atoms with E-state index >= 15 is 0 Å². The van der Waals surface area contributed by atoms with Crippen LogP contribution in [0.3, 0.4) is 0 Å². The van der Waals surface area contributed by atoms with E-state index in [4.69, 9.17) is 0 Å². The van der Waals surface area contributed by atoms with Crippen molar-refractivity contribution in [3.63, 3.8) is 0 Å². The summed E-state index contributed by atoms with van der Waals surface area (Å²) in [5, 5.41) is 0. The molecule has 0 spiro atoms. The van der Waals surface area contributed by atoms with Crippen LogP contribution in [-0.2, 0) is 10.3 Å². The van der Waals surface area contributed by atoms with E-state index in [2.05, 4.69) is 36.4 Å². The Kier molecular flexibility index (Phi) is 3.70. The maximum absolute atomic E-state index is 10.7. The SMILES string of the molecule is CSc1ccc(C2(N=C=O)CCCC2)c(C)c1. The molecule has 17 heavy (non-hydrogen) atoms. The average molecular weight is 247 g/mol. The lowest BCUT2D eigenvalue weighted by Gasteiger charge is -2.25. The highest BCUT2D eigenvalue weighted by Crippen LogP contribution is 2.43. The van der Waals surface area contributed by atoms with Gasteiger partial charge in [0, 0.05) is 4.90 Å². The van der Waals surface area contributed by atoms with Gasteiger partial charge < -0.3 is 0 Å². The summed E-state index contributed by atoms with van der Waals surface area (Å²) in [6, 6.07) is 6.43. The normalized spacial score (nSPS) is 17.8. The summed E-state index contributed by atoms with van der Waals surface area (Å²) in [7, 11) is 0. The van der Waals surface area contributed by atoms with Crippen molar-refractivity contribution in [2.75, 3.05) is 6.26 Å². The maximum Gasteiger partial charge on any atom is 0.235 e. The lowest BCUT2D eigenvalue weighted by atomic mass is 9.86. The third-order valence-electron chi connectivity index (χ3n) is 3.63. The van der Waals surface area contributed by atoms with Gasteiger partial charge in [-0.2, -0.15) is 4.99 Å². The molecule has 2 nitrogen and oxygen atoms in total. The van der Waals surface area contributed by atoms with Crippen LogP contribution in [0.1, 0.15) is 36.8 Å². The molecular weight excluding hydrogens is 230 g/mol. The summed E-state index contributed by atoms with van der Waals surface area (Å²) in [4.78, 5) is 16.1. The van der Waals surface area contributed by atoms with Crippen LogP contribution in [0.5, 0.6) is 0 Å². The van der Waals surface area contributed by atoms with Crippen molar-refractivity contribution in [2.24, 2.45) is 4.99 Å². The van der Waals surface area contributed by atoms with Crippen LogP contribution < -0.4 is 0 Å². The number of rotatable bonds is 3. The first-order chi connectivity index (χ1) is 8.22. The second kappa shape index (κ2) is 5.07. The monoisotopic (exact) mass is 247 g/mol. The van der Waals surface area contributed by atoms with E-state index in [1.54, 1.807) is 17.8 Å². The molecule has 0 saturated heterocycles. The molecule has 0 N–H and O–H groups in total. The zero-order valence-corrected chi connectivity index (χ0v) is 11.1. The van der Waals surface area contributed by atoms with Gasteiger partial charge in [0.1, 0.15) is 0 Å². The number of isocyanates is 1. The minimum atomic E-state index is -0.289. The van der Waals surface area contributed by atoms with Gasteiger partial charge in [0.15, 0.2) is 0 Å². The van der Waals surface area contributed by atoms with Gasteiger partial charge in [-0.1, -0.05) is 18.9 Å². The minimum absolute atomic E-state index is 0.289. The smallest absolute Gasteiger partial charge is 0.211 e. The fourth-order valence-corrected chi connectivity index (χ4v) is 3.27. The van der Waals surface area contributed by atoms with E-state index < -0.39 is 0 Å². The Morgan fingerprint density at radius 2 is 2.06 bits per heavy atom. The van der Waals surface area contributed by atoms with Gasteiger partial charge in [-0.15, -0.1) is 11.8 Å². The van der Waals surface area contributed by atoms with Gasteiger partial charge in [-0.3, -0.25) is 0 Å². The number of aliphatic imine (C=N–C) groups is 1. The van der Waals surface area contributed by atoms with E-state index in [9.17, 15) is 4.79 Å². The fraction of sp³-hybridized carbons (Fsp3) is 0.500. The Balaban J connectivity index is 2.47. The topological polar surface area (TPSA) is 29.4 Å². The molecule has 90 valence electrons. The van der Waals surface area contributed by atoms with Crippen LogP contribution >= 0.6 is 11.8 Å². The fourth-order valence-electron chi connectivity index (χ4n) is 2.77. The average Bonchev–Trinajstić information content (AvgIpc) is 2.79. The second-order valence-electron chi connectivity index (χ2n) is 4.62. The van der Waals surface area contributed by atoms with Crippen LogP contribution in [0.2, 0.25) is 0 Å². The van der Waals surface area contributed by atoms with E-state index in [0.29, 0.717) is 0 Å². The van der Waals surface area contributed by atoms with Gasteiger partial charge in [0.25, 0.3) is 0 Å². The number of hydrogen-bond donors (Lipinski definition) is 0. The van der Waals surface area contributed by atoms with Crippen molar-refractivity contribution in [3.8, 4) is 0 Å². The summed E-state index contributed by atoms with van der Waals surface area (Å²) in [6.45, 7) is 2.11. The zero-order valence-electron chi connectivity index (χ0n) is 10.3. The summed E-state index contributed by atoms with van der Waals surface area (Å²) in [6.07, 6.45) is 8.09. The van der Waals surface area contributed by atoms with Crippen LogP contribution in [-0.4, -0.2) is 12.3 Å². The predicted octanol–water partition coefficient (Wildman–Crippen LogP) is 3.82. The molecule has 1 saturated carbocycles. The molecule has 1 fully saturated rings. The van der Waals surface area contributed by atoms with E-state index in [1.165, 1.54) is 16.0 Å². The van der Waals surface area contributed by atoms with Crippen LogP contribution in [0, 0.1) is 6.92 Å². The summed E-state index contributed by atoms with van der Waals surface area (Å²) < 4.78 is 0. The van der Waals surface area contributed by atoms with Crippen molar-refractivity contribution < 1.29 is 4.79 Å². The third kappa shape index (κ3) is 2.31. The summed E-state index contributed by atoms with van der Waals surface area (Å²) >= 11 is 1.74. The third-order valence-corrected chi connectivity index (χ3v) is 4.35. The zero-order chi connectivity index (χ0) is 12.3. The Morgan fingerprint density at radius 1 is 1.35 bits per heavy atom. The van der Waals surface area contributed by atoms with E-state index in [-0.39, 0.29) is 5.54 Å². The first-order valence-electron chi connectivity index (χ1n) is 5.96. The molecule has 0 radical (unpaired) electrons. The molecular formula is C14H17NOS. The molecule has 0 amide bonds. The van der Waals surface area contributed by atoms with Gasteiger partial charge >= 0.3 is 0 Å². The quantitative estimate of drug-likeness (QED) is 0.461. The lowest BCUT2D eigenvalue weighted by molar-refractivity contribution is 0.453. The molecule has 0 unspecified atom stereocenters. The highest BCUT2D eigenvalue weighted by Gasteiger charge is 2.36. The van der Waals surface area contributed by atoms with Crippen molar-refractivity contribution in [2.45, 2.75) is 43.0 Å². The number of aryl methyl sites for hydroxylation is 1. The van der Waals surface area contributed by atoms with Crippen molar-refractivity contribution in [1.82, 2.24) is 0 Å². The minimum Gasteiger partial charge on any atom is -0.211 e. The molecule has 1 aliphatic rings. The Morgan fingerprint density at radius 3 is 2.59 bits per heavy atom. The van der Waals surface area contributed by atoms with E-state index in [1.807, 2.05) is 0 Å². The molecule has 1 aliphatic carbocycles. The van der Waals surface area contributed by atoms with Gasteiger partial charge in [0.05, 0.1) is 5.54 Å². The first-order valence-corrected chi connectivity index (χ1v) is 7.18. The van der Waals surface area contributed by atoms with Gasteiger partial charge in [0.2, 0.25) is 6.08 Å². The molecule has 0 aromatic heterocycles. The molecule has 1 aromatic carbocycles. The summed E-state index contributed by atoms with van der Waals surface area (Å²) in [5.74, 6) is 0. The lowest BCUT2D eigenvalue weighted by Crippen LogP contribution is -2.20. The van der Waals surface area contributed by atoms with Crippen molar-refractivity contribution >= 4 is 17.8 Å². The van der Waals surface area contributed by atoms with Crippen molar-refractivity contribution in [1.29, 1.82) is 0 Å². The van der Waals surface area contributed by atoms with Crippen LogP contribution in [0.4, 0.5) is 0 Å². The molecule has 0 bridgehead atoms. The number of nitrogens with zero attached hydrogens (tertiary/aromatic N) is 1. The molecule has 0 aliphatic heterocycles. The molecule has 2 rings (SSSR count). The first kappa shape index (κ1) is 12.4. The number of benzene rings is 1. The molecule has 0 atom stereocenters. The Hall–Kier alpha value is -1.05. The van der Waals surface area contributed by atoms with Crippen LogP contribution in [0.25, 0.3) is 0 Å². The standard InChI is InChI=1S/C14H17NOS/c1-11-9-12(17-2)5-6-13(11)14(15-10-16)7-3-4-8-14/h5-6,9H,3-4,7-8H2,1-2H3. The molecule has 3 heteroatoms. The van der Waals surface area contributed by atoms with Crippen LogP contribution in [0.15, 0.2) is 28.1 Å². The highest BCUT2D eigenvalue weighted by molar-refractivity contribution is 7.98. The predicted molar refractivity (Wildman–Crippen MR) is 71.2 cm³/mol. The number of hydrogen-bond acceptors (Lipinski definition) is 3. The highest BCUT2D eigenvalue weighted by atomic mass is 32.2. The van der Waals surface area contributed by atoms with Gasteiger partial charge in [-0.05, 0) is 49.3 Å². The molecule has 0 heterocycles. The number of thioether (sulfide) groups is 1. The van der Waals surface area contributed by atoms with E-state index in [0.717, 1.165) is 25.7 Å². The number of carbonyl (C=O) groups excluding carboxylic acids is 1. The Bertz CT molecular complexity index is 457. The summed E-state index contributed by atoms with van der Waals surface area (Å²) in [5.41, 5.74) is 2.15. The second-order valence-corrected chi connectivity index (χ2v) is 5.50. The molecule has 1 aromatic rings. The maximum atomic E-state index is 10.7. The van der Waals surface area contributed by atoms with Gasteiger partial charge in [-0.25, -0.2) is 4.79 Å². The van der Waals surface area contributed by atoms with Crippen molar-refractivity contribution in [3.05, 3.63) is 29.3 Å². The Labute approximate surface area is 107 Å². The largest absolute Gasteiger partial charge is 0.235 e.